The highest BCUT2D eigenvalue weighted by Crippen LogP contribution is 2.24. The summed E-state index contributed by atoms with van der Waals surface area (Å²) in [5.41, 5.74) is 2.34. The maximum absolute atomic E-state index is 13.8. The standard InChI is InChI=1S/C24H32FNO4S/c1-24(2,3)19-10-8-18(9-11-19)14-26(20-12-13-31(28,29)17-20)15-21(27)16-30-23-7-5-4-6-22(23)25/h4-11,20-21,27H,12-17H2,1-3H3. The summed E-state index contributed by atoms with van der Waals surface area (Å²) in [6.07, 6.45) is -0.333. The Balaban J connectivity index is 1.68. The molecule has 1 saturated heterocycles. The Labute approximate surface area is 184 Å². The van der Waals surface area contributed by atoms with Crippen LogP contribution in [-0.4, -0.2) is 55.2 Å². The fourth-order valence-corrected chi connectivity index (χ4v) is 5.58. The zero-order chi connectivity index (χ0) is 22.6. The van der Waals surface area contributed by atoms with Gasteiger partial charge in [-0.05, 0) is 35.1 Å². The van der Waals surface area contributed by atoms with Gasteiger partial charge < -0.3 is 9.84 Å². The van der Waals surface area contributed by atoms with E-state index in [1.165, 1.54) is 17.7 Å². The Hall–Kier alpha value is -1.96. The van der Waals surface area contributed by atoms with Crippen molar-refractivity contribution in [2.24, 2.45) is 0 Å². The number of ether oxygens (including phenoxy) is 1. The van der Waals surface area contributed by atoms with Gasteiger partial charge in [-0.15, -0.1) is 0 Å². The van der Waals surface area contributed by atoms with E-state index < -0.39 is 21.8 Å². The summed E-state index contributed by atoms with van der Waals surface area (Å²) in [6, 6.07) is 14.2. The first-order chi connectivity index (χ1) is 14.5. The van der Waals surface area contributed by atoms with Crippen molar-refractivity contribution in [1.82, 2.24) is 4.90 Å². The maximum Gasteiger partial charge on any atom is 0.165 e. The molecule has 0 spiro atoms. The van der Waals surface area contributed by atoms with Gasteiger partial charge in [0.1, 0.15) is 12.7 Å². The first-order valence-corrected chi connectivity index (χ1v) is 12.4. The number of sulfone groups is 1. The molecule has 0 aliphatic carbocycles. The molecule has 2 atom stereocenters. The highest BCUT2D eigenvalue weighted by molar-refractivity contribution is 7.91. The minimum absolute atomic E-state index is 0.0536. The minimum atomic E-state index is -3.06. The summed E-state index contributed by atoms with van der Waals surface area (Å²) >= 11 is 0. The van der Waals surface area contributed by atoms with Crippen LogP contribution in [0.3, 0.4) is 0 Å². The molecule has 31 heavy (non-hydrogen) atoms. The summed E-state index contributed by atoms with van der Waals surface area (Å²) in [5, 5.41) is 10.6. The average molecular weight is 450 g/mol. The van der Waals surface area contributed by atoms with E-state index in [1.807, 2.05) is 4.90 Å². The number of rotatable bonds is 8. The van der Waals surface area contributed by atoms with Crippen LogP contribution >= 0.6 is 0 Å². The van der Waals surface area contributed by atoms with E-state index in [-0.39, 0.29) is 41.9 Å². The number of halogens is 1. The molecule has 170 valence electrons. The quantitative estimate of drug-likeness (QED) is 0.668. The molecule has 2 aromatic rings. The average Bonchev–Trinajstić information content (AvgIpc) is 3.06. The predicted octanol–water partition coefficient (Wildman–Crippen LogP) is 3.55. The van der Waals surface area contributed by atoms with Crippen LogP contribution in [0, 0.1) is 5.82 Å². The van der Waals surface area contributed by atoms with Gasteiger partial charge in [0.25, 0.3) is 0 Å². The van der Waals surface area contributed by atoms with Gasteiger partial charge in [0.2, 0.25) is 0 Å². The Morgan fingerprint density at radius 1 is 1.16 bits per heavy atom. The molecule has 1 aliphatic heterocycles. The van der Waals surface area contributed by atoms with Gasteiger partial charge in [0.15, 0.2) is 21.4 Å². The smallest absolute Gasteiger partial charge is 0.165 e. The molecular weight excluding hydrogens is 417 g/mol. The molecule has 1 aliphatic rings. The van der Waals surface area contributed by atoms with Crippen molar-refractivity contribution in [3.63, 3.8) is 0 Å². The summed E-state index contributed by atoms with van der Waals surface area (Å²) in [6.45, 7) is 7.17. The Kier molecular flexibility index (Phi) is 7.39. The number of aliphatic hydroxyl groups excluding tert-OH is 1. The fourth-order valence-electron chi connectivity index (χ4n) is 3.82. The van der Waals surface area contributed by atoms with Crippen LogP contribution in [0.5, 0.6) is 5.75 Å². The second-order valence-electron chi connectivity index (χ2n) is 9.33. The second-order valence-corrected chi connectivity index (χ2v) is 11.6. The van der Waals surface area contributed by atoms with Crippen molar-refractivity contribution in [2.75, 3.05) is 24.7 Å². The molecule has 0 saturated carbocycles. The normalized spacial score (nSPS) is 19.5. The molecule has 0 amide bonds. The molecule has 1 heterocycles. The van der Waals surface area contributed by atoms with Gasteiger partial charge in [0, 0.05) is 19.1 Å². The van der Waals surface area contributed by atoms with E-state index in [1.54, 1.807) is 12.1 Å². The minimum Gasteiger partial charge on any atom is -0.488 e. The Morgan fingerprint density at radius 2 is 1.84 bits per heavy atom. The summed E-state index contributed by atoms with van der Waals surface area (Å²) in [7, 11) is -3.06. The van der Waals surface area contributed by atoms with E-state index in [0.717, 1.165) is 5.56 Å². The van der Waals surface area contributed by atoms with Crippen LogP contribution in [0.1, 0.15) is 38.3 Å². The first-order valence-electron chi connectivity index (χ1n) is 10.6. The van der Waals surface area contributed by atoms with Crippen LogP contribution < -0.4 is 4.74 Å². The van der Waals surface area contributed by atoms with Crippen LogP contribution in [-0.2, 0) is 21.8 Å². The van der Waals surface area contributed by atoms with Gasteiger partial charge >= 0.3 is 0 Å². The number of aliphatic hydroxyl groups is 1. The monoisotopic (exact) mass is 449 g/mol. The third kappa shape index (κ3) is 6.76. The molecule has 1 N–H and O–H groups in total. The van der Waals surface area contributed by atoms with Crippen molar-refractivity contribution >= 4 is 9.84 Å². The molecule has 0 aromatic heterocycles. The third-order valence-electron chi connectivity index (χ3n) is 5.64. The zero-order valence-electron chi connectivity index (χ0n) is 18.4. The number of nitrogens with zero attached hydrogens (tertiary/aromatic N) is 1. The summed E-state index contributed by atoms with van der Waals surface area (Å²) in [5.74, 6) is -0.130. The van der Waals surface area contributed by atoms with Gasteiger partial charge in [-0.3, -0.25) is 4.90 Å². The van der Waals surface area contributed by atoms with Crippen molar-refractivity contribution in [3.8, 4) is 5.75 Å². The largest absolute Gasteiger partial charge is 0.488 e. The van der Waals surface area contributed by atoms with E-state index in [2.05, 4.69) is 45.0 Å². The van der Waals surface area contributed by atoms with Crippen LogP contribution in [0.2, 0.25) is 0 Å². The van der Waals surface area contributed by atoms with Crippen LogP contribution in [0.4, 0.5) is 4.39 Å². The molecule has 3 rings (SSSR count). The maximum atomic E-state index is 13.8. The lowest BCUT2D eigenvalue weighted by atomic mass is 9.86. The summed E-state index contributed by atoms with van der Waals surface area (Å²) in [4.78, 5) is 2.01. The number of hydrogen-bond donors (Lipinski definition) is 1. The number of para-hydroxylation sites is 1. The van der Waals surface area contributed by atoms with Crippen molar-refractivity contribution in [2.45, 2.75) is 51.3 Å². The van der Waals surface area contributed by atoms with E-state index in [9.17, 15) is 17.9 Å². The SMILES string of the molecule is CC(C)(C)c1ccc(CN(CC(O)COc2ccccc2F)C2CCS(=O)(=O)C2)cc1. The fraction of sp³-hybridized carbons (Fsp3) is 0.500. The van der Waals surface area contributed by atoms with Crippen LogP contribution in [0.25, 0.3) is 0 Å². The van der Waals surface area contributed by atoms with Crippen LogP contribution in [0.15, 0.2) is 48.5 Å². The van der Waals surface area contributed by atoms with Crippen molar-refractivity contribution in [1.29, 1.82) is 0 Å². The van der Waals surface area contributed by atoms with Crippen molar-refractivity contribution < 1.29 is 22.7 Å². The van der Waals surface area contributed by atoms with Gasteiger partial charge in [0.05, 0.1) is 11.5 Å². The zero-order valence-corrected chi connectivity index (χ0v) is 19.2. The predicted molar refractivity (Wildman–Crippen MR) is 121 cm³/mol. The molecule has 5 nitrogen and oxygen atoms in total. The second kappa shape index (κ2) is 9.67. The lowest BCUT2D eigenvalue weighted by Crippen LogP contribution is -2.42. The Bertz CT molecular complexity index is 970. The highest BCUT2D eigenvalue weighted by atomic mass is 32.2. The molecule has 7 heteroatoms. The molecular formula is C24H32FNO4S. The molecule has 2 aromatic carbocycles. The summed E-state index contributed by atoms with van der Waals surface area (Å²) < 4.78 is 43.3. The highest BCUT2D eigenvalue weighted by Gasteiger charge is 2.33. The van der Waals surface area contributed by atoms with Gasteiger partial charge in [-0.25, -0.2) is 12.8 Å². The third-order valence-corrected chi connectivity index (χ3v) is 7.39. The van der Waals surface area contributed by atoms with Crippen molar-refractivity contribution in [3.05, 3.63) is 65.5 Å². The molecule has 2 unspecified atom stereocenters. The van der Waals surface area contributed by atoms with Gasteiger partial charge in [-0.1, -0.05) is 57.2 Å². The lowest BCUT2D eigenvalue weighted by molar-refractivity contribution is 0.0513. The van der Waals surface area contributed by atoms with E-state index >= 15 is 0 Å². The van der Waals surface area contributed by atoms with E-state index in [4.69, 9.17) is 4.74 Å². The number of benzene rings is 2. The lowest BCUT2D eigenvalue weighted by Gasteiger charge is -2.30. The first kappa shape index (κ1) is 23.7. The molecule has 0 radical (unpaired) electrons. The molecule has 0 bridgehead atoms. The topological polar surface area (TPSA) is 66.8 Å². The molecule has 1 fully saturated rings. The Morgan fingerprint density at radius 3 is 2.42 bits per heavy atom. The van der Waals surface area contributed by atoms with E-state index in [0.29, 0.717) is 13.0 Å². The van der Waals surface area contributed by atoms with Gasteiger partial charge in [-0.2, -0.15) is 0 Å². The number of hydrogen-bond acceptors (Lipinski definition) is 5.